The molecule has 4 rings (SSSR count). The molecule has 6 nitrogen and oxygen atoms in total. The third-order valence-electron chi connectivity index (χ3n) is 5.52. The van der Waals surface area contributed by atoms with E-state index in [0.29, 0.717) is 41.3 Å². The van der Waals surface area contributed by atoms with E-state index in [-0.39, 0.29) is 10.8 Å². The number of ether oxygens (including phenoxy) is 1. The van der Waals surface area contributed by atoms with Crippen molar-refractivity contribution in [3.05, 3.63) is 53.6 Å². The molecule has 2 heterocycles. The van der Waals surface area contributed by atoms with Gasteiger partial charge in [0.25, 0.3) is 5.91 Å². The minimum atomic E-state index is -3.61. The van der Waals surface area contributed by atoms with E-state index in [1.807, 2.05) is 54.7 Å². The Labute approximate surface area is 198 Å². The third kappa shape index (κ3) is 5.27. The quantitative estimate of drug-likeness (QED) is 0.587. The van der Waals surface area contributed by atoms with Gasteiger partial charge in [-0.15, -0.1) is 23.5 Å². The number of sulfonamides is 1. The van der Waals surface area contributed by atoms with Crippen LogP contribution in [0.5, 0.6) is 5.75 Å². The zero-order valence-corrected chi connectivity index (χ0v) is 20.5. The van der Waals surface area contributed by atoms with Gasteiger partial charge >= 0.3 is 0 Å². The molecule has 1 amide bonds. The second kappa shape index (κ2) is 10.5. The lowest BCUT2D eigenvalue weighted by Crippen LogP contribution is -2.35. The van der Waals surface area contributed by atoms with Crippen molar-refractivity contribution in [2.45, 2.75) is 35.7 Å². The molecule has 0 unspecified atom stereocenters. The molecule has 2 saturated heterocycles. The molecular formula is C23H28N2O4S3. The minimum Gasteiger partial charge on any atom is -0.492 e. The van der Waals surface area contributed by atoms with E-state index in [0.717, 1.165) is 30.8 Å². The van der Waals surface area contributed by atoms with Gasteiger partial charge in [-0.3, -0.25) is 4.79 Å². The van der Waals surface area contributed by atoms with Crippen LogP contribution in [0.3, 0.4) is 0 Å². The van der Waals surface area contributed by atoms with Gasteiger partial charge in [0, 0.05) is 30.2 Å². The fraction of sp³-hybridized carbons (Fsp3) is 0.435. The summed E-state index contributed by atoms with van der Waals surface area (Å²) in [5.74, 6) is 2.45. The van der Waals surface area contributed by atoms with Crippen molar-refractivity contribution in [2.24, 2.45) is 0 Å². The van der Waals surface area contributed by atoms with Crippen molar-refractivity contribution in [3.8, 4) is 5.75 Å². The van der Waals surface area contributed by atoms with Gasteiger partial charge < -0.3 is 10.1 Å². The molecule has 2 aromatic carbocycles. The maximum absolute atomic E-state index is 13.1. The number of hydrogen-bond donors (Lipinski definition) is 1. The monoisotopic (exact) mass is 492 g/mol. The first-order valence-electron chi connectivity index (χ1n) is 10.9. The summed E-state index contributed by atoms with van der Waals surface area (Å²) in [7, 11) is -3.61. The Balaban J connectivity index is 1.55. The highest BCUT2D eigenvalue weighted by Crippen LogP contribution is 2.45. The summed E-state index contributed by atoms with van der Waals surface area (Å²) in [6.07, 6.45) is 2.79. The van der Waals surface area contributed by atoms with E-state index in [9.17, 15) is 13.2 Å². The number of anilines is 1. The van der Waals surface area contributed by atoms with E-state index in [4.69, 9.17) is 4.74 Å². The normalized spacial score (nSPS) is 17.9. The average molecular weight is 493 g/mol. The maximum atomic E-state index is 13.1. The molecule has 2 aliphatic rings. The van der Waals surface area contributed by atoms with E-state index in [1.165, 1.54) is 15.9 Å². The number of piperidine rings is 1. The smallest absolute Gasteiger partial charge is 0.255 e. The number of benzene rings is 2. The lowest BCUT2D eigenvalue weighted by atomic mass is 10.1. The van der Waals surface area contributed by atoms with Crippen LogP contribution in [0.2, 0.25) is 0 Å². The van der Waals surface area contributed by atoms with Crippen molar-refractivity contribution in [1.29, 1.82) is 0 Å². The molecule has 2 aromatic rings. The van der Waals surface area contributed by atoms with Gasteiger partial charge in [-0.05, 0) is 55.7 Å². The third-order valence-corrected chi connectivity index (χ3v) is 10.5. The number of nitrogens with zero attached hydrogens (tertiary/aromatic N) is 1. The van der Waals surface area contributed by atoms with Gasteiger partial charge in [-0.2, -0.15) is 4.31 Å². The molecule has 172 valence electrons. The van der Waals surface area contributed by atoms with Crippen LogP contribution in [0.1, 0.15) is 46.7 Å². The highest BCUT2D eigenvalue weighted by Gasteiger charge is 2.27. The van der Waals surface area contributed by atoms with Gasteiger partial charge in [-0.25, -0.2) is 8.42 Å². The first kappa shape index (κ1) is 23.5. The van der Waals surface area contributed by atoms with Crippen LogP contribution in [0.15, 0.2) is 47.4 Å². The van der Waals surface area contributed by atoms with Gasteiger partial charge in [0.1, 0.15) is 5.75 Å². The summed E-state index contributed by atoms with van der Waals surface area (Å²) in [5.41, 5.74) is 2.09. The molecule has 0 radical (unpaired) electrons. The zero-order chi connectivity index (χ0) is 22.6. The molecule has 0 bridgehead atoms. The van der Waals surface area contributed by atoms with E-state index in [2.05, 4.69) is 5.32 Å². The largest absolute Gasteiger partial charge is 0.492 e. The molecule has 9 heteroatoms. The van der Waals surface area contributed by atoms with E-state index < -0.39 is 10.0 Å². The number of carbonyl (C=O) groups excluding carboxylic acids is 1. The molecule has 0 aliphatic carbocycles. The van der Waals surface area contributed by atoms with Crippen LogP contribution in [0.25, 0.3) is 0 Å². The Kier molecular flexibility index (Phi) is 7.70. The summed E-state index contributed by atoms with van der Waals surface area (Å²) in [6.45, 7) is 3.32. The summed E-state index contributed by atoms with van der Waals surface area (Å²) < 4.78 is 33.8. The van der Waals surface area contributed by atoms with Gasteiger partial charge in [-0.1, -0.05) is 18.6 Å². The van der Waals surface area contributed by atoms with Crippen LogP contribution >= 0.6 is 23.5 Å². The summed E-state index contributed by atoms with van der Waals surface area (Å²) in [5, 5.41) is 2.86. The molecule has 2 fully saturated rings. The number of hydrogen-bond acceptors (Lipinski definition) is 6. The Bertz CT molecular complexity index is 1050. The summed E-state index contributed by atoms with van der Waals surface area (Å²) >= 11 is 3.84. The fourth-order valence-electron chi connectivity index (χ4n) is 3.84. The molecule has 0 saturated carbocycles. The second-order valence-corrected chi connectivity index (χ2v) is 12.4. The Morgan fingerprint density at radius 3 is 2.41 bits per heavy atom. The van der Waals surface area contributed by atoms with Crippen LogP contribution in [-0.4, -0.2) is 49.8 Å². The first-order chi connectivity index (χ1) is 15.5. The van der Waals surface area contributed by atoms with Crippen molar-refractivity contribution in [1.82, 2.24) is 4.31 Å². The topological polar surface area (TPSA) is 75.7 Å². The average Bonchev–Trinajstić information content (AvgIpc) is 3.36. The van der Waals surface area contributed by atoms with Crippen molar-refractivity contribution in [2.75, 3.05) is 36.5 Å². The number of nitrogens with one attached hydrogen (secondary N) is 1. The van der Waals surface area contributed by atoms with Crippen LogP contribution in [0.4, 0.5) is 5.69 Å². The van der Waals surface area contributed by atoms with Gasteiger partial charge in [0.2, 0.25) is 10.0 Å². The molecule has 2 aliphatic heterocycles. The zero-order valence-electron chi connectivity index (χ0n) is 18.1. The van der Waals surface area contributed by atoms with Crippen LogP contribution < -0.4 is 10.1 Å². The molecule has 0 aromatic heterocycles. The van der Waals surface area contributed by atoms with Crippen molar-refractivity contribution >= 4 is 45.1 Å². The highest BCUT2D eigenvalue weighted by molar-refractivity contribution is 8.19. The van der Waals surface area contributed by atoms with E-state index in [1.54, 1.807) is 12.1 Å². The van der Waals surface area contributed by atoms with Crippen molar-refractivity contribution < 1.29 is 17.9 Å². The lowest BCUT2D eigenvalue weighted by Gasteiger charge is -2.26. The van der Waals surface area contributed by atoms with Gasteiger partial charge in [0.15, 0.2) is 0 Å². The lowest BCUT2D eigenvalue weighted by molar-refractivity contribution is 0.102. The minimum absolute atomic E-state index is 0.170. The fourth-order valence-corrected chi connectivity index (χ4v) is 8.24. The number of amides is 1. The van der Waals surface area contributed by atoms with Crippen LogP contribution in [0, 0.1) is 0 Å². The predicted molar refractivity (Wildman–Crippen MR) is 132 cm³/mol. The Morgan fingerprint density at radius 1 is 1.06 bits per heavy atom. The molecule has 32 heavy (non-hydrogen) atoms. The highest BCUT2D eigenvalue weighted by atomic mass is 32.2. The van der Waals surface area contributed by atoms with Crippen molar-refractivity contribution in [3.63, 3.8) is 0 Å². The number of rotatable bonds is 7. The Hall–Kier alpha value is -1.68. The van der Waals surface area contributed by atoms with Crippen LogP contribution in [-0.2, 0) is 10.0 Å². The second-order valence-electron chi connectivity index (χ2n) is 7.71. The number of carbonyl (C=O) groups is 1. The molecule has 0 atom stereocenters. The van der Waals surface area contributed by atoms with E-state index >= 15 is 0 Å². The Morgan fingerprint density at radius 2 is 1.75 bits per heavy atom. The maximum Gasteiger partial charge on any atom is 0.255 e. The first-order valence-corrected chi connectivity index (χ1v) is 14.4. The SMILES string of the molecule is CCOc1ccc(S(=O)(=O)N2CCCCC2)cc1NC(=O)c1ccc(C2SCCS2)cc1. The summed E-state index contributed by atoms with van der Waals surface area (Å²) in [4.78, 5) is 13.1. The predicted octanol–water partition coefficient (Wildman–Crippen LogP) is 4.99. The summed E-state index contributed by atoms with van der Waals surface area (Å²) in [6, 6.07) is 12.3. The standard InChI is InChI=1S/C23H28N2O4S3/c1-2-29-21-11-10-19(32(27,28)25-12-4-3-5-13-25)16-20(21)24-22(26)17-6-8-18(9-7-17)23-30-14-15-31-23/h6-11,16,23H,2-5,12-15H2,1H3,(H,24,26). The number of thioether (sulfide) groups is 2. The molecule has 0 spiro atoms. The van der Waals surface area contributed by atoms with Gasteiger partial charge in [0.05, 0.1) is 21.8 Å². The molecular weight excluding hydrogens is 464 g/mol. The molecule has 1 N–H and O–H groups in total.